The van der Waals surface area contributed by atoms with Gasteiger partial charge >= 0.3 is 6.18 Å². The van der Waals surface area contributed by atoms with Gasteiger partial charge in [-0.15, -0.1) is 11.8 Å². The van der Waals surface area contributed by atoms with Gasteiger partial charge in [-0.25, -0.2) is 0 Å². The van der Waals surface area contributed by atoms with Crippen LogP contribution < -0.4 is 0 Å². The molecule has 2 fully saturated rings. The van der Waals surface area contributed by atoms with Crippen LogP contribution in [0.25, 0.3) is 0 Å². The van der Waals surface area contributed by atoms with E-state index in [0.717, 1.165) is 30.7 Å². The molecule has 3 rings (SSSR count). The molecular weight excluding hydrogens is 379 g/mol. The SMILES string of the molecule is O=C(CN1CSCC1=O)N1CCCN(Cc2ccc(C(F)(F)F)cc2)CC1. The molecule has 0 saturated carbocycles. The summed E-state index contributed by atoms with van der Waals surface area (Å²) < 4.78 is 37.9. The van der Waals surface area contributed by atoms with Crippen molar-refractivity contribution >= 4 is 23.6 Å². The largest absolute Gasteiger partial charge is 0.416 e. The molecule has 9 heteroatoms. The van der Waals surface area contributed by atoms with Gasteiger partial charge in [0.05, 0.1) is 17.2 Å². The third-order valence-corrected chi connectivity index (χ3v) is 5.73. The van der Waals surface area contributed by atoms with E-state index in [1.807, 2.05) is 0 Å². The van der Waals surface area contributed by atoms with Crippen LogP contribution >= 0.6 is 11.8 Å². The second-order valence-electron chi connectivity index (χ2n) is 6.77. The first-order chi connectivity index (χ1) is 12.8. The molecule has 0 bridgehead atoms. The van der Waals surface area contributed by atoms with Gasteiger partial charge in [0.2, 0.25) is 11.8 Å². The van der Waals surface area contributed by atoms with Gasteiger partial charge in [0, 0.05) is 32.7 Å². The molecule has 2 saturated heterocycles. The molecule has 1 aromatic carbocycles. The van der Waals surface area contributed by atoms with Crippen LogP contribution in [0.2, 0.25) is 0 Å². The second-order valence-corrected chi connectivity index (χ2v) is 7.73. The van der Waals surface area contributed by atoms with E-state index in [0.29, 0.717) is 37.8 Å². The zero-order valence-corrected chi connectivity index (χ0v) is 15.7. The van der Waals surface area contributed by atoms with Gasteiger partial charge in [-0.1, -0.05) is 12.1 Å². The molecule has 0 atom stereocenters. The monoisotopic (exact) mass is 401 g/mol. The minimum atomic E-state index is -4.32. The van der Waals surface area contributed by atoms with Crippen molar-refractivity contribution in [1.82, 2.24) is 14.7 Å². The Morgan fingerprint density at radius 1 is 1.07 bits per heavy atom. The Morgan fingerprint density at radius 3 is 2.44 bits per heavy atom. The summed E-state index contributed by atoms with van der Waals surface area (Å²) in [6, 6.07) is 5.22. The number of halogens is 3. The lowest BCUT2D eigenvalue weighted by atomic mass is 10.1. The van der Waals surface area contributed by atoms with Crippen molar-refractivity contribution in [2.75, 3.05) is 44.4 Å². The van der Waals surface area contributed by atoms with E-state index in [2.05, 4.69) is 4.90 Å². The highest BCUT2D eigenvalue weighted by molar-refractivity contribution is 8.00. The van der Waals surface area contributed by atoms with Crippen molar-refractivity contribution in [1.29, 1.82) is 0 Å². The lowest BCUT2D eigenvalue weighted by Gasteiger charge is -2.24. The molecule has 2 amide bonds. The first-order valence-corrected chi connectivity index (χ1v) is 10.0. The van der Waals surface area contributed by atoms with Gasteiger partial charge in [0.25, 0.3) is 0 Å². The maximum absolute atomic E-state index is 12.6. The quantitative estimate of drug-likeness (QED) is 0.777. The Balaban J connectivity index is 1.50. The van der Waals surface area contributed by atoms with Crippen LogP contribution in [0.5, 0.6) is 0 Å². The van der Waals surface area contributed by atoms with E-state index in [-0.39, 0.29) is 18.4 Å². The first kappa shape index (κ1) is 20.0. The van der Waals surface area contributed by atoms with Gasteiger partial charge in [0.1, 0.15) is 6.54 Å². The standard InChI is InChI=1S/C18H22F3N3O2S/c19-18(20,21)15-4-2-14(3-5-15)10-22-6-1-7-23(9-8-22)16(25)11-24-13-27-12-17(24)26/h2-5H,1,6-13H2. The fourth-order valence-electron chi connectivity index (χ4n) is 3.24. The summed E-state index contributed by atoms with van der Waals surface area (Å²) in [5.74, 6) is 0.974. The Morgan fingerprint density at radius 2 is 1.81 bits per heavy atom. The van der Waals surface area contributed by atoms with Gasteiger partial charge in [-0.05, 0) is 24.1 Å². The number of carbonyl (C=O) groups is 2. The minimum Gasteiger partial charge on any atom is -0.340 e. The maximum atomic E-state index is 12.6. The van der Waals surface area contributed by atoms with Gasteiger partial charge < -0.3 is 9.80 Å². The molecule has 2 aliphatic rings. The number of carbonyl (C=O) groups excluding carboxylic acids is 2. The molecule has 1 aromatic rings. The van der Waals surface area contributed by atoms with E-state index in [9.17, 15) is 22.8 Å². The maximum Gasteiger partial charge on any atom is 0.416 e. The lowest BCUT2D eigenvalue weighted by molar-refractivity contribution is -0.137. The van der Waals surface area contributed by atoms with Crippen molar-refractivity contribution in [2.45, 2.75) is 19.1 Å². The van der Waals surface area contributed by atoms with Crippen molar-refractivity contribution < 1.29 is 22.8 Å². The average Bonchev–Trinajstić information content (AvgIpc) is 2.88. The van der Waals surface area contributed by atoms with Crippen LogP contribution in [-0.2, 0) is 22.3 Å². The van der Waals surface area contributed by atoms with Crippen LogP contribution in [0.3, 0.4) is 0 Å². The number of rotatable bonds is 4. The zero-order valence-electron chi connectivity index (χ0n) is 14.9. The van der Waals surface area contributed by atoms with E-state index in [1.165, 1.54) is 23.9 Å². The molecule has 0 unspecified atom stereocenters. The highest BCUT2D eigenvalue weighted by Crippen LogP contribution is 2.29. The minimum absolute atomic E-state index is 0.00658. The Kier molecular flexibility index (Phi) is 6.31. The Bertz CT molecular complexity index is 681. The van der Waals surface area contributed by atoms with Crippen LogP contribution in [0, 0.1) is 0 Å². The highest BCUT2D eigenvalue weighted by Gasteiger charge is 2.30. The average molecular weight is 401 g/mol. The van der Waals surface area contributed by atoms with Gasteiger partial charge in [-0.3, -0.25) is 14.5 Å². The predicted octanol–water partition coefficient (Wildman–Crippen LogP) is 2.27. The third-order valence-electron chi connectivity index (χ3n) is 4.78. The fraction of sp³-hybridized carbons (Fsp3) is 0.556. The third kappa shape index (κ3) is 5.38. The van der Waals surface area contributed by atoms with Crippen molar-refractivity contribution in [3.05, 3.63) is 35.4 Å². The molecule has 27 heavy (non-hydrogen) atoms. The molecule has 0 spiro atoms. The summed E-state index contributed by atoms with van der Waals surface area (Å²) in [4.78, 5) is 29.6. The summed E-state index contributed by atoms with van der Waals surface area (Å²) in [5, 5.41) is 0. The highest BCUT2D eigenvalue weighted by atomic mass is 32.2. The molecule has 148 valence electrons. The number of nitrogens with zero attached hydrogens (tertiary/aromatic N) is 3. The predicted molar refractivity (Wildman–Crippen MR) is 97.0 cm³/mol. The van der Waals surface area contributed by atoms with Crippen molar-refractivity contribution in [2.24, 2.45) is 0 Å². The molecule has 2 aliphatic heterocycles. The summed E-state index contributed by atoms with van der Waals surface area (Å²) >= 11 is 1.51. The molecule has 0 radical (unpaired) electrons. The van der Waals surface area contributed by atoms with E-state index < -0.39 is 11.7 Å². The van der Waals surface area contributed by atoms with Crippen LogP contribution in [-0.4, -0.2) is 70.9 Å². The van der Waals surface area contributed by atoms with Crippen molar-refractivity contribution in [3.8, 4) is 0 Å². The number of alkyl halides is 3. The smallest absolute Gasteiger partial charge is 0.340 e. The van der Waals surface area contributed by atoms with Crippen LogP contribution in [0.1, 0.15) is 17.5 Å². The Labute approximate surface area is 160 Å². The molecule has 2 heterocycles. The summed E-state index contributed by atoms with van der Waals surface area (Å²) in [6.45, 7) is 3.33. The zero-order chi connectivity index (χ0) is 19.4. The van der Waals surface area contributed by atoms with Crippen LogP contribution in [0.15, 0.2) is 24.3 Å². The summed E-state index contributed by atoms with van der Waals surface area (Å²) in [6.07, 6.45) is -3.52. The first-order valence-electron chi connectivity index (χ1n) is 8.85. The van der Waals surface area contributed by atoms with Gasteiger partial charge in [-0.2, -0.15) is 13.2 Å². The molecule has 0 aliphatic carbocycles. The normalized spacial score (nSPS) is 19.4. The molecule has 0 N–H and O–H groups in total. The second kappa shape index (κ2) is 8.52. The van der Waals surface area contributed by atoms with Crippen molar-refractivity contribution in [3.63, 3.8) is 0 Å². The Hall–Kier alpha value is -1.74. The van der Waals surface area contributed by atoms with Gasteiger partial charge in [0.15, 0.2) is 0 Å². The lowest BCUT2D eigenvalue weighted by Crippen LogP contribution is -2.42. The molecule has 0 aromatic heterocycles. The van der Waals surface area contributed by atoms with E-state index in [4.69, 9.17) is 0 Å². The van der Waals surface area contributed by atoms with Crippen LogP contribution in [0.4, 0.5) is 13.2 Å². The number of hydrogen-bond donors (Lipinski definition) is 0. The topological polar surface area (TPSA) is 43.9 Å². The number of benzene rings is 1. The number of amides is 2. The van der Waals surface area contributed by atoms with E-state index >= 15 is 0 Å². The molecule has 5 nitrogen and oxygen atoms in total. The van der Waals surface area contributed by atoms with E-state index in [1.54, 1.807) is 9.80 Å². The summed E-state index contributed by atoms with van der Waals surface area (Å²) in [7, 11) is 0. The number of thioether (sulfide) groups is 1. The fourth-order valence-corrected chi connectivity index (χ4v) is 4.14. The number of hydrogen-bond acceptors (Lipinski definition) is 4. The molecular formula is C18H22F3N3O2S. The summed E-state index contributed by atoms with van der Waals surface area (Å²) in [5.41, 5.74) is 0.177.